The van der Waals surface area contributed by atoms with Crippen molar-refractivity contribution >= 4 is 40.0 Å². The van der Waals surface area contributed by atoms with Gasteiger partial charge in [-0.3, -0.25) is 9.59 Å². The van der Waals surface area contributed by atoms with E-state index < -0.39 is 0 Å². The molecule has 6 heteroatoms. The van der Waals surface area contributed by atoms with Crippen LogP contribution in [0.2, 0.25) is 5.02 Å². The van der Waals surface area contributed by atoms with Gasteiger partial charge in [-0.15, -0.1) is 0 Å². The van der Waals surface area contributed by atoms with Crippen molar-refractivity contribution in [2.45, 2.75) is 19.8 Å². The lowest BCUT2D eigenvalue weighted by molar-refractivity contribution is -0.128. The molecule has 144 valence electrons. The van der Waals surface area contributed by atoms with Gasteiger partial charge in [-0.1, -0.05) is 23.7 Å². The number of carbonyl (C=O) groups is 2. The molecule has 0 radical (unpaired) electrons. The predicted molar refractivity (Wildman–Crippen MR) is 112 cm³/mol. The highest BCUT2D eigenvalue weighted by atomic mass is 35.5. The van der Waals surface area contributed by atoms with Gasteiger partial charge in [-0.05, 0) is 54.8 Å². The maximum Gasteiger partial charge on any atom is 0.229 e. The summed E-state index contributed by atoms with van der Waals surface area (Å²) in [6.07, 6.45) is 2.94. The number of anilines is 1. The van der Waals surface area contributed by atoms with Gasteiger partial charge in [0, 0.05) is 47.3 Å². The second-order valence-corrected chi connectivity index (χ2v) is 7.79. The number of aryl methyl sites for hydroxylation is 1. The molecule has 1 saturated heterocycles. The van der Waals surface area contributed by atoms with Crippen molar-refractivity contribution in [2.24, 2.45) is 5.92 Å². The van der Waals surface area contributed by atoms with Gasteiger partial charge < -0.3 is 15.2 Å². The Kier molecular flexibility index (Phi) is 5.09. The molecule has 2 N–H and O–H groups in total. The first-order valence-electron chi connectivity index (χ1n) is 9.40. The minimum atomic E-state index is -0.314. The molecule has 5 nitrogen and oxygen atoms in total. The normalized spacial score (nSPS) is 16.7. The summed E-state index contributed by atoms with van der Waals surface area (Å²) < 4.78 is 0. The Morgan fingerprint density at radius 2 is 2.14 bits per heavy atom. The van der Waals surface area contributed by atoms with E-state index in [1.54, 1.807) is 4.90 Å². The zero-order valence-electron chi connectivity index (χ0n) is 15.7. The van der Waals surface area contributed by atoms with Crippen molar-refractivity contribution in [3.63, 3.8) is 0 Å². The average Bonchev–Trinajstić information content (AvgIpc) is 3.23. The van der Waals surface area contributed by atoms with Crippen LogP contribution < -0.4 is 5.32 Å². The first-order valence-corrected chi connectivity index (χ1v) is 9.78. The van der Waals surface area contributed by atoms with Gasteiger partial charge in [0.05, 0.1) is 5.92 Å². The molecule has 1 fully saturated rings. The third kappa shape index (κ3) is 3.90. The lowest BCUT2D eigenvalue weighted by Gasteiger charge is -2.16. The smallest absolute Gasteiger partial charge is 0.229 e. The summed E-state index contributed by atoms with van der Waals surface area (Å²) in [5.74, 6) is -0.381. The third-order valence-corrected chi connectivity index (χ3v) is 5.49. The van der Waals surface area contributed by atoms with Gasteiger partial charge in [0.25, 0.3) is 0 Å². The van der Waals surface area contributed by atoms with E-state index in [2.05, 4.69) is 10.3 Å². The molecule has 4 rings (SSSR count). The molecule has 0 aliphatic carbocycles. The molecule has 1 atom stereocenters. The maximum absolute atomic E-state index is 12.6. The van der Waals surface area contributed by atoms with Crippen LogP contribution in [0.1, 0.15) is 17.5 Å². The van der Waals surface area contributed by atoms with Gasteiger partial charge >= 0.3 is 0 Å². The summed E-state index contributed by atoms with van der Waals surface area (Å²) in [5.41, 5.74) is 4.01. The number of hydrogen-bond donors (Lipinski definition) is 2. The number of rotatable bonds is 5. The van der Waals surface area contributed by atoms with Crippen molar-refractivity contribution in [3.8, 4) is 0 Å². The number of hydrogen-bond acceptors (Lipinski definition) is 2. The number of H-pyrrole nitrogens is 1. The fourth-order valence-corrected chi connectivity index (χ4v) is 3.92. The third-order valence-electron chi connectivity index (χ3n) is 5.25. The fourth-order valence-electron chi connectivity index (χ4n) is 3.74. The molecule has 2 heterocycles. The molecule has 1 unspecified atom stereocenters. The summed E-state index contributed by atoms with van der Waals surface area (Å²) >= 11 is 6.11. The molecule has 3 aromatic rings. The Balaban J connectivity index is 1.38. The SMILES string of the molecule is Cc1cccc(NC(=O)C2CC(=O)N(CCc3c[nH]c4ccc(Cl)cc34)C2)c1. The van der Waals surface area contributed by atoms with E-state index in [0.29, 0.717) is 18.1 Å². The van der Waals surface area contributed by atoms with Crippen LogP contribution in [0.4, 0.5) is 5.69 Å². The van der Waals surface area contributed by atoms with Gasteiger partial charge in [0.2, 0.25) is 11.8 Å². The second kappa shape index (κ2) is 7.68. The van der Waals surface area contributed by atoms with Crippen LogP contribution >= 0.6 is 11.6 Å². The highest BCUT2D eigenvalue weighted by Crippen LogP contribution is 2.25. The molecule has 2 amide bonds. The van der Waals surface area contributed by atoms with Gasteiger partial charge in [-0.2, -0.15) is 0 Å². The summed E-state index contributed by atoms with van der Waals surface area (Å²) in [6, 6.07) is 13.4. The minimum Gasteiger partial charge on any atom is -0.361 e. The Hall–Kier alpha value is -2.79. The van der Waals surface area contributed by atoms with Crippen molar-refractivity contribution < 1.29 is 9.59 Å². The maximum atomic E-state index is 12.6. The van der Waals surface area contributed by atoms with Crippen molar-refractivity contribution in [2.75, 3.05) is 18.4 Å². The summed E-state index contributed by atoms with van der Waals surface area (Å²) in [5, 5.41) is 4.70. The van der Waals surface area contributed by atoms with E-state index in [1.807, 2.05) is 55.6 Å². The van der Waals surface area contributed by atoms with Crippen molar-refractivity contribution in [1.29, 1.82) is 0 Å². The number of nitrogens with one attached hydrogen (secondary N) is 2. The molecule has 28 heavy (non-hydrogen) atoms. The van der Waals surface area contributed by atoms with E-state index in [9.17, 15) is 9.59 Å². The second-order valence-electron chi connectivity index (χ2n) is 7.35. The van der Waals surface area contributed by atoms with Crippen molar-refractivity contribution in [3.05, 3.63) is 64.8 Å². The summed E-state index contributed by atoms with van der Waals surface area (Å²) in [4.78, 5) is 30.0. The molecule has 0 spiro atoms. The van der Waals surface area contributed by atoms with Crippen LogP contribution in [0.3, 0.4) is 0 Å². The van der Waals surface area contributed by atoms with E-state index >= 15 is 0 Å². The van der Waals surface area contributed by atoms with E-state index in [0.717, 1.165) is 34.1 Å². The van der Waals surface area contributed by atoms with E-state index in [1.165, 1.54) is 0 Å². The number of aromatic amines is 1. The number of aromatic nitrogens is 1. The van der Waals surface area contributed by atoms with Crippen LogP contribution in [0, 0.1) is 12.8 Å². The Morgan fingerprint density at radius 1 is 1.29 bits per heavy atom. The van der Waals surface area contributed by atoms with Crippen LogP contribution in [-0.4, -0.2) is 34.8 Å². The zero-order chi connectivity index (χ0) is 19.7. The molecular formula is C22H22ClN3O2. The first-order chi connectivity index (χ1) is 13.5. The number of carbonyl (C=O) groups excluding carboxylic acids is 2. The standard InChI is InChI=1S/C22H22ClN3O2/c1-14-3-2-4-18(9-14)25-22(28)16-10-21(27)26(13-16)8-7-15-12-24-20-6-5-17(23)11-19(15)20/h2-6,9,11-12,16,24H,7-8,10,13H2,1H3,(H,25,28). The van der Waals surface area contributed by atoms with E-state index in [-0.39, 0.29) is 24.2 Å². The molecular weight excluding hydrogens is 374 g/mol. The average molecular weight is 396 g/mol. The predicted octanol–water partition coefficient (Wildman–Crippen LogP) is 4.16. The monoisotopic (exact) mass is 395 g/mol. The molecule has 0 saturated carbocycles. The van der Waals surface area contributed by atoms with Crippen LogP contribution in [-0.2, 0) is 16.0 Å². The minimum absolute atomic E-state index is 0.0299. The fraction of sp³-hybridized carbons (Fsp3) is 0.273. The van der Waals surface area contributed by atoms with Crippen LogP contribution in [0.5, 0.6) is 0 Å². The first kappa shape index (κ1) is 18.6. The van der Waals surface area contributed by atoms with Crippen LogP contribution in [0.15, 0.2) is 48.7 Å². The number of benzene rings is 2. The quantitative estimate of drug-likeness (QED) is 0.681. The molecule has 1 aromatic heterocycles. The van der Waals surface area contributed by atoms with Gasteiger partial charge in [-0.25, -0.2) is 0 Å². The summed E-state index contributed by atoms with van der Waals surface area (Å²) in [7, 11) is 0. The number of halogens is 1. The highest BCUT2D eigenvalue weighted by molar-refractivity contribution is 6.31. The Labute approximate surface area is 168 Å². The molecule has 1 aliphatic heterocycles. The van der Waals surface area contributed by atoms with Crippen molar-refractivity contribution in [1.82, 2.24) is 9.88 Å². The zero-order valence-corrected chi connectivity index (χ0v) is 16.4. The number of amides is 2. The van der Waals surface area contributed by atoms with Gasteiger partial charge in [0.15, 0.2) is 0 Å². The number of fused-ring (bicyclic) bond motifs is 1. The molecule has 0 bridgehead atoms. The number of nitrogens with zero attached hydrogens (tertiary/aromatic N) is 1. The largest absolute Gasteiger partial charge is 0.361 e. The summed E-state index contributed by atoms with van der Waals surface area (Å²) in [6.45, 7) is 3.03. The molecule has 1 aliphatic rings. The topological polar surface area (TPSA) is 65.2 Å². The Bertz CT molecular complexity index is 1040. The number of likely N-dealkylation sites (tertiary alicyclic amines) is 1. The van der Waals surface area contributed by atoms with Crippen LogP contribution in [0.25, 0.3) is 10.9 Å². The highest BCUT2D eigenvalue weighted by Gasteiger charge is 2.34. The lowest BCUT2D eigenvalue weighted by Crippen LogP contribution is -2.30. The van der Waals surface area contributed by atoms with Gasteiger partial charge in [0.1, 0.15) is 0 Å². The Morgan fingerprint density at radius 3 is 2.96 bits per heavy atom. The lowest BCUT2D eigenvalue weighted by atomic mass is 10.1. The molecule has 2 aromatic carbocycles. The van der Waals surface area contributed by atoms with E-state index in [4.69, 9.17) is 11.6 Å².